The smallest absolute Gasteiger partial charge is 0.234 e. The lowest BCUT2D eigenvalue weighted by atomic mass is 10.3. The first kappa shape index (κ1) is 15.2. The van der Waals surface area contributed by atoms with E-state index in [1.165, 1.54) is 11.8 Å². The Hall–Kier alpha value is -1.17. The molecule has 0 atom stereocenters. The van der Waals surface area contributed by atoms with Crippen molar-refractivity contribution >= 4 is 56.6 Å². The van der Waals surface area contributed by atoms with Gasteiger partial charge in [0.1, 0.15) is 0 Å². The van der Waals surface area contributed by atoms with Crippen LogP contribution in [0.25, 0.3) is 0 Å². The highest BCUT2D eigenvalue weighted by Gasteiger charge is 2.08. The van der Waals surface area contributed by atoms with Gasteiger partial charge in [-0.15, -0.1) is 11.8 Å². The number of hydrogen-bond donors (Lipinski definition) is 2. The Bertz CT molecular complexity index is 636. The van der Waals surface area contributed by atoms with Gasteiger partial charge in [-0.3, -0.25) is 4.79 Å². The van der Waals surface area contributed by atoms with Gasteiger partial charge in [0.05, 0.1) is 16.5 Å². The number of amides is 1. The van der Waals surface area contributed by atoms with Crippen LogP contribution in [0.4, 0.5) is 11.4 Å². The number of hydrogen-bond acceptors (Lipinski definition) is 3. The van der Waals surface area contributed by atoms with Gasteiger partial charge in [0, 0.05) is 15.1 Å². The molecule has 3 N–H and O–H groups in total. The molecule has 0 radical (unpaired) electrons. The highest BCUT2D eigenvalue weighted by molar-refractivity contribution is 9.10. The standard InChI is InChI=1S/C14H12BrClN2OS/c15-10-7-9(17)5-6-12(10)18-14(19)8-20-13-4-2-1-3-11(13)16/h1-7H,8,17H2,(H,18,19). The maximum absolute atomic E-state index is 11.9. The third-order valence-corrected chi connectivity index (χ3v) is 4.63. The van der Waals surface area contributed by atoms with Crippen molar-refractivity contribution < 1.29 is 4.79 Å². The summed E-state index contributed by atoms with van der Waals surface area (Å²) in [5.41, 5.74) is 6.99. The molecule has 20 heavy (non-hydrogen) atoms. The van der Waals surface area contributed by atoms with Crippen LogP contribution in [0, 0.1) is 0 Å². The predicted molar refractivity (Wildman–Crippen MR) is 89.4 cm³/mol. The number of carbonyl (C=O) groups excluding carboxylic acids is 1. The molecule has 2 aromatic rings. The molecule has 2 rings (SSSR count). The molecular weight excluding hydrogens is 360 g/mol. The van der Waals surface area contributed by atoms with Gasteiger partial charge in [0.15, 0.2) is 0 Å². The van der Waals surface area contributed by atoms with Gasteiger partial charge in [0.2, 0.25) is 5.91 Å². The van der Waals surface area contributed by atoms with Crippen LogP contribution in [-0.2, 0) is 4.79 Å². The van der Waals surface area contributed by atoms with Crippen LogP contribution < -0.4 is 11.1 Å². The second-order valence-electron chi connectivity index (χ2n) is 4.01. The Morgan fingerprint density at radius 1 is 1.30 bits per heavy atom. The zero-order chi connectivity index (χ0) is 14.5. The summed E-state index contributed by atoms with van der Waals surface area (Å²) >= 11 is 10.8. The van der Waals surface area contributed by atoms with E-state index in [9.17, 15) is 4.79 Å². The van der Waals surface area contributed by atoms with E-state index < -0.39 is 0 Å². The molecule has 0 saturated heterocycles. The van der Waals surface area contributed by atoms with Crippen molar-refractivity contribution in [2.75, 3.05) is 16.8 Å². The van der Waals surface area contributed by atoms with Crippen LogP contribution >= 0.6 is 39.3 Å². The first-order valence-corrected chi connectivity index (χ1v) is 7.94. The molecular formula is C14H12BrClN2OS. The highest BCUT2D eigenvalue weighted by atomic mass is 79.9. The van der Waals surface area contributed by atoms with E-state index in [1.807, 2.05) is 18.2 Å². The molecule has 3 nitrogen and oxygen atoms in total. The molecule has 0 aliphatic carbocycles. The lowest BCUT2D eigenvalue weighted by molar-refractivity contribution is -0.113. The van der Waals surface area contributed by atoms with Gasteiger partial charge in [-0.2, -0.15) is 0 Å². The molecule has 1 amide bonds. The van der Waals surface area contributed by atoms with Crippen molar-refractivity contribution in [3.63, 3.8) is 0 Å². The fourth-order valence-corrected chi connectivity index (χ4v) is 3.06. The first-order chi connectivity index (χ1) is 9.56. The summed E-state index contributed by atoms with van der Waals surface area (Å²) in [6, 6.07) is 12.7. The van der Waals surface area contributed by atoms with Crippen LogP contribution in [0.2, 0.25) is 5.02 Å². The quantitative estimate of drug-likeness (QED) is 0.618. The summed E-state index contributed by atoms with van der Waals surface area (Å²) in [4.78, 5) is 12.8. The van der Waals surface area contributed by atoms with E-state index in [0.29, 0.717) is 22.2 Å². The molecule has 0 saturated carbocycles. The zero-order valence-electron chi connectivity index (χ0n) is 10.4. The van der Waals surface area contributed by atoms with E-state index in [4.69, 9.17) is 17.3 Å². The summed E-state index contributed by atoms with van der Waals surface area (Å²) in [5, 5.41) is 3.47. The minimum atomic E-state index is -0.0969. The second-order valence-corrected chi connectivity index (χ2v) is 6.29. The van der Waals surface area contributed by atoms with Crippen LogP contribution in [0.1, 0.15) is 0 Å². The van der Waals surface area contributed by atoms with Gasteiger partial charge in [-0.1, -0.05) is 23.7 Å². The molecule has 0 spiro atoms. The molecule has 2 aromatic carbocycles. The van der Waals surface area contributed by atoms with Gasteiger partial charge in [0.25, 0.3) is 0 Å². The number of nitrogens with one attached hydrogen (secondary N) is 1. The highest BCUT2D eigenvalue weighted by Crippen LogP contribution is 2.28. The lowest BCUT2D eigenvalue weighted by Crippen LogP contribution is -2.14. The topological polar surface area (TPSA) is 55.1 Å². The maximum atomic E-state index is 11.9. The largest absolute Gasteiger partial charge is 0.399 e. The lowest BCUT2D eigenvalue weighted by Gasteiger charge is -2.08. The molecule has 0 unspecified atom stereocenters. The minimum Gasteiger partial charge on any atom is -0.399 e. The van der Waals surface area contributed by atoms with E-state index in [0.717, 1.165) is 9.37 Å². The maximum Gasteiger partial charge on any atom is 0.234 e. The fourth-order valence-electron chi connectivity index (χ4n) is 1.52. The fraction of sp³-hybridized carbons (Fsp3) is 0.0714. The molecule has 104 valence electrons. The molecule has 0 bridgehead atoms. The number of anilines is 2. The third-order valence-electron chi connectivity index (χ3n) is 2.46. The molecule has 0 heterocycles. The molecule has 0 aliphatic heterocycles. The Labute approximate surface area is 135 Å². The third kappa shape index (κ3) is 4.16. The zero-order valence-corrected chi connectivity index (χ0v) is 13.6. The average molecular weight is 372 g/mol. The van der Waals surface area contributed by atoms with Crippen molar-refractivity contribution in [1.29, 1.82) is 0 Å². The number of nitrogens with two attached hydrogens (primary N) is 1. The normalized spacial score (nSPS) is 10.3. The summed E-state index contributed by atoms with van der Waals surface area (Å²) < 4.78 is 0.758. The van der Waals surface area contributed by atoms with Crippen molar-refractivity contribution in [3.05, 3.63) is 52.0 Å². The molecule has 0 aliphatic rings. The number of thioether (sulfide) groups is 1. The molecule has 0 fully saturated rings. The SMILES string of the molecule is Nc1ccc(NC(=O)CSc2ccccc2Cl)c(Br)c1. The average Bonchev–Trinajstić information content (AvgIpc) is 2.41. The van der Waals surface area contributed by atoms with Gasteiger partial charge in [-0.05, 0) is 46.3 Å². The van der Waals surface area contributed by atoms with E-state index in [1.54, 1.807) is 24.3 Å². The van der Waals surface area contributed by atoms with Crippen molar-refractivity contribution in [1.82, 2.24) is 0 Å². The second kappa shape index (κ2) is 7.02. The van der Waals surface area contributed by atoms with Gasteiger partial charge in [-0.25, -0.2) is 0 Å². The van der Waals surface area contributed by atoms with Gasteiger partial charge < -0.3 is 11.1 Å². The monoisotopic (exact) mass is 370 g/mol. The van der Waals surface area contributed by atoms with Gasteiger partial charge >= 0.3 is 0 Å². The van der Waals surface area contributed by atoms with Crippen LogP contribution in [0.5, 0.6) is 0 Å². The van der Waals surface area contributed by atoms with E-state index in [-0.39, 0.29) is 5.91 Å². The Kier molecular flexibility index (Phi) is 5.34. The van der Waals surface area contributed by atoms with Crippen LogP contribution in [0.3, 0.4) is 0 Å². The van der Waals surface area contributed by atoms with Crippen molar-refractivity contribution in [3.8, 4) is 0 Å². The summed E-state index contributed by atoms with van der Waals surface area (Å²) in [6.07, 6.45) is 0. The summed E-state index contributed by atoms with van der Waals surface area (Å²) in [5.74, 6) is 0.195. The van der Waals surface area contributed by atoms with Crippen LogP contribution in [-0.4, -0.2) is 11.7 Å². The summed E-state index contributed by atoms with van der Waals surface area (Å²) in [7, 11) is 0. The van der Waals surface area contributed by atoms with Crippen molar-refractivity contribution in [2.24, 2.45) is 0 Å². The van der Waals surface area contributed by atoms with E-state index >= 15 is 0 Å². The summed E-state index contributed by atoms with van der Waals surface area (Å²) in [6.45, 7) is 0. The Morgan fingerprint density at radius 3 is 2.75 bits per heavy atom. The minimum absolute atomic E-state index is 0.0969. The molecule has 6 heteroatoms. The van der Waals surface area contributed by atoms with Crippen LogP contribution in [0.15, 0.2) is 51.8 Å². The number of nitrogen functional groups attached to an aromatic ring is 1. The number of halogens is 2. The number of benzene rings is 2. The predicted octanol–water partition coefficient (Wildman–Crippen LogP) is 4.42. The number of rotatable bonds is 4. The number of carbonyl (C=O) groups is 1. The Morgan fingerprint density at radius 2 is 2.05 bits per heavy atom. The Balaban J connectivity index is 1.94. The molecule has 0 aromatic heterocycles. The van der Waals surface area contributed by atoms with E-state index in [2.05, 4.69) is 21.2 Å². The first-order valence-electron chi connectivity index (χ1n) is 5.78. The van der Waals surface area contributed by atoms with Crippen molar-refractivity contribution in [2.45, 2.75) is 4.90 Å².